The van der Waals surface area contributed by atoms with Gasteiger partial charge in [-0.25, -0.2) is 4.98 Å². The van der Waals surface area contributed by atoms with E-state index in [-0.39, 0.29) is 11.5 Å². The van der Waals surface area contributed by atoms with Gasteiger partial charge in [0.2, 0.25) is 5.95 Å². The van der Waals surface area contributed by atoms with Crippen molar-refractivity contribution >= 4 is 5.95 Å². The monoisotopic (exact) mass is 195 g/mol. The van der Waals surface area contributed by atoms with Gasteiger partial charge in [-0.3, -0.25) is 9.78 Å². The number of nitrogen functional groups attached to an aromatic ring is 1. The topological polar surface area (TPSA) is 71.8 Å². The van der Waals surface area contributed by atoms with Gasteiger partial charge < -0.3 is 5.73 Å². The number of hydrogen-bond donors (Lipinski definition) is 2. The zero-order valence-electron chi connectivity index (χ0n) is 8.92. The highest BCUT2D eigenvalue weighted by atomic mass is 16.1. The van der Waals surface area contributed by atoms with Crippen molar-refractivity contribution in [2.45, 2.75) is 33.6 Å². The van der Waals surface area contributed by atoms with Gasteiger partial charge in [0.05, 0.1) is 0 Å². The number of aromatic nitrogens is 2. The quantitative estimate of drug-likeness (QED) is 0.762. The largest absolute Gasteiger partial charge is 0.369 e. The van der Waals surface area contributed by atoms with Crippen LogP contribution in [0.5, 0.6) is 0 Å². The zero-order chi connectivity index (χ0) is 10.7. The molecular weight excluding hydrogens is 178 g/mol. The number of anilines is 1. The van der Waals surface area contributed by atoms with Gasteiger partial charge in [0.1, 0.15) is 0 Å². The summed E-state index contributed by atoms with van der Waals surface area (Å²) in [5.41, 5.74) is 6.82. The number of nitrogens with zero attached hydrogens (tertiary/aromatic N) is 1. The van der Waals surface area contributed by atoms with Gasteiger partial charge >= 0.3 is 0 Å². The van der Waals surface area contributed by atoms with Crippen LogP contribution in [-0.2, 0) is 6.42 Å². The summed E-state index contributed by atoms with van der Waals surface area (Å²) >= 11 is 0. The van der Waals surface area contributed by atoms with Crippen molar-refractivity contribution in [2.75, 3.05) is 5.73 Å². The van der Waals surface area contributed by atoms with Crippen molar-refractivity contribution in [1.29, 1.82) is 0 Å². The third kappa shape index (κ3) is 2.58. The van der Waals surface area contributed by atoms with Gasteiger partial charge in [-0.2, -0.15) is 0 Å². The summed E-state index contributed by atoms with van der Waals surface area (Å²) < 4.78 is 0. The van der Waals surface area contributed by atoms with Crippen molar-refractivity contribution in [2.24, 2.45) is 5.92 Å². The lowest BCUT2D eigenvalue weighted by molar-refractivity contribution is 0.582. The molecule has 0 aliphatic rings. The molecular formula is C10H17N3O. The Bertz CT molecular complexity index is 368. The van der Waals surface area contributed by atoms with E-state index in [1.807, 2.05) is 6.92 Å². The van der Waals surface area contributed by atoms with E-state index in [2.05, 4.69) is 23.8 Å². The summed E-state index contributed by atoms with van der Waals surface area (Å²) in [5, 5.41) is 0. The molecule has 0 radical (unpaired) electrons. The Kier molecular flexibility index (Phi) is 3.28. The van der Waals surface area contributed by atoms with Crippen LogP contribution >= 0.6 is 0 Å². The number of rotatable bonds is 3. The first-order valence-electron chi connectivity index (χ1n) is 4.86. The van der Waals surface area contributed by atoms with E-state index < -0.39 is 0 Å². The fourth-order valence-electron chi connectivity index (χ4n) is 1.36. The molecule has 0 spiro atoms. The minimum absolute atomic E-state index is 0.101. The van der Waals surface area contributed by atoms with E-state index in [0.29, 0.717) is 5.92 Å². The maximum atomic E-state index is 11.5. The molecule has 0 bridgehead atoms. The average Bonchev–Trinajstić information content (AvgIpc) is 2.01. The summed E-state index contributed by atoms with van der Waals surface area (Å²) in [4.78, 5) is 18.0. The lowest BCUT2D eigenvalue weighted by atomic mass is 10.0. The van der Waals surface area contributed by atoms with E-state index in [1.165, 1.54) is 0 Å². The number of H-pyrrole nitrogens is 1. The first-order chi connectivity index (χ1) is 6.50. The van der Waals surface area contributed by atoms with Crippen molar-refractivity contribution < 1.29 is 0 Å². The van der Waals surface area contributed by atoms with Crippen LogP contribution in [0.3, 0.4) is 0 Å². The Balaban J connectivity index is 2.92. The molecule has 0 saturated carbocycles. The maximum absolute atomic E-state index is 11.5. The van der Waals surface area contributed by atoms with E-state index >= 15 is 0 Å². The van der Waals surface area contributed by atoms with Crippen LogP contribution in [0.2, 0.25) is 0 Å². The zero-order valence-corrected chi connectivity index (χ0v) is 8.92. The molecule has 78 valence electrons. The van der Waals surface area contributed by atoms with Gasteiger partial charge in [-0.15, -0.1) is 0 Å². The lowest BCUT2D eigenvalue weighted by Crippen LogP contribution is -2.18. The third-order valence-corrected chi connectivity index (χ3v) is 2.21. The maximum Gasteiger partial charge on any atom is 0.255 e. The highest BCUT2D eigenvalue weighted by Gasteiger charge is 2.07. The second-order valence-electron chi connectivity index (χ2n) is 3.95. The van der Waals surface area contributed by atoms with Crippen LogP contribution in [0.4, 0.5) is 5.95 Å². The Morgan fingerprint density at radius 1 is 1.50 bits per heavy atom. The fraction of sp³-hybridized carbons (Fsp3) is 0.600. The van der Waals surface area contributed by atoms with Crippen LogP contribution < -0.4 is 11.3 Å². The Morgan fingerprint density at radius 3 is 2.64 bits per heavy atom. The van der Waals surface area contributed by atoms with Crippen molar-refractivity contribution in [1.82, 2.24) is 9.97 Å². The first kappa shape index (κ1) is 10.8. The lowest BCUT2D eigenvalue weighted by Gasteiger charge is -2.06. The van der Waals surface area contributed by atoms with Crippen molar-refractivity contribution in [3.05, 3.63) is 21.6 Å². The molecule has 3 N–H and O–H groups in total. The molecule has 0 unspecified atom stereocenters. The van der Waals surface area contributed by atoms with Crippen molar-refractivity contribution in [3.63, 3.8) is 0 Å². The molecule has 1 aromatic heterocycles. The fourth-order valence-corrected chi connectivity index (χ4v) is 1.36. The summed E-state index contributed by atoms with van der Waals surface area (Å²) in [6.45, 7) is 6.09. The number of nitrogens with one attached hydrogen (secondary N) is 1. The standard InChI is InChI=1S/C10H17N3O/c1-6(2)4-5-8-7(3)12-10(11)13-9(8)14/h6H,4-5H2,1-3H3,(H3,11,12,13,14). The number of nitrogens with two attached hydrogens (primary N) is 1. The van der Waals surface area contributed by atoms with E-state index in [9.17, 15) is 4.79 Å². The predicted molar refractivity (Wildman–Crippen MR) is 57.2 cm³/mol. The minimum Gasteiger partial charge on any atom is -0.369 e. The SMILES string of the molecule is Cc1nc(N)[nH]c(=O)c1CCC(C)C. The molecule has 0 aliphatic heterocycles. The number of aryl methyl sites for hydroxylation is 1. The van der Waals surface area contributed by atoms with E-state index in [1.54, 1.807) is 0 Å². The predicted octanol–water partition coefficient (Wildman–Crippen LogP) is 1.25. The number of hydrogen-bond acceptors (Lipinski definition) is 3. The summed E-state index contributed by atoms with van der Waals surface area (Å²) in [7, 11) is 0. The van der Waals surface area contributed by atoms with E-state index in [4.69, 9.17) is 5.73 Å². The molecule has 14 heavy (non-hydrogen) atoms. The molecule has 4 nitrogen and oxygen atoms in total. The molecule has 0 amide bonds. The third-order valence-electron chi connectivity index (χ3n) is 2.21. The molecule has 0 aliphatic carbocycles. The Hall–Kier alpha value is -1.32. The molecule has 1 aromatic rings. The molecule has 4 heteroatoms. The summed E-state index contributed by atoms with van der Waals surface area (Å²) in [6, 6.07) is 0. The van der Waals surface area contributed by atoms with Gasteiger partial charge in [-0.05, 0) is 25.7 Å². The molecule has 0 saturated heterocycles. The normalized spacial score (nSPS) is 10.9. The summed E-state index contributed by atoms with van der Waals surface area (Å²) in [5.74, 6) is 0.784. The van der Waals surface area contributed by atoms with E-state index in [0.717, 1.165) is 24.1 Å². The number of aromatic amines is 1. The molecule has 1 heterocycles. The summed E-state index contributed by atoms with van der Waals surface area (Å²) in [6.07, 6.45) is 1.77. The highest BCUT2D eigenvalue weighted by Crippen LogP contribution is 2.08. The first-order valence-corrected chi connectivity index (χ1v) is 4.86. The average molecular weight is 195 g/mol. The van der Waals surface area contributed by atoms with Gasteiger partial charge in [0.25, 0.3) is 5.56 Å². The Morgan fingerprint density at radius 2 is 2.14 bits per heavy atom. The Labute approximate surface area is 83.6 Å². The van der Waals surface area contributed by atoms with Gasteiger partial charge in [0, 0.05) is 11.3 Å². The molecule has 0 fully saturated rings. The van der Waals surface area contributed by atoms with Crippen molar-refractivity contribution in [3.8, 4) is 0 Å². The molecule has 1 rings (SSSR count). The highest BCUT2D eigenvalue weighted by molar-refractivity contribution is 5.24. The smallest absolute Gasteiger partial charge is 0.255 e. The van der Waals surface area contributed by atoms with Gasteiger partial charge in [-0.1, -0.05) is 13.8 Å². The van der Waals surface area contributed by atoms with Crippen LogP contribution in [0.25, 0.3) is 0 Å². The van der Waals surface area contributed by atoms with Crippen LogP contribution in [-0.4, -0.2) is 9.97 Å². The van der Waals surface area contributed by atoms with Gasteiger partial charge in [0.15, 0.2) is 0 Å². The van der Waals surface area contributed by atoms with Crippen LogP contribution in [0, 0.1) is 12.8 Å². The molecule has 0 atom stereocenters. The van der Waals surface area contributed by atoms with Crippen LogP contribution in [0.1, 0.15) is 31.5 Å². The molecule has 0 aromatic carbocycles. The minimum atomic E-state index is -0.101. The second-order valence-corrected chi connectivity index (χ2v) is 3.95. The van der Waals surface area contributed by atoms with Crippen LogP contribution in [0.15, 0.2) is 4.79 Å². The second kappa shape index (κ2) is 4.26.